The van der Waals surface area contributed by atoms with Crippen LogP contribution in [-0.2, 0) is 15.8 Å². The van der Waals surface area contributed by atoms with Gasteiger partial charge in [-0.25, -0.2) is 0 Å². The molecule has 0 saturated heterocycles. The lowest BCUT2D eigenvalue weighted by atomic mass is 10.1. The Morgan fingerprint density at radius 1 is 1.11 bits per heavy atom. The molecule has 12 heteroatoms. The lowest BCUT2D eigenvalue weighted by molar-refractivity contribution is -0.138. The number of alkyl halides is 3. The fourth-order valence-electron chi connectivity index (χ4n) is 2.79. The molecule has 0 spiro atoms. The van der Waals surface area contributed by atoms with E-state index in [0.29, 0.717) is 27.0 Å². The number of anilines is 1. The van der Waals surface area contributed by atoms with Crippen molar-refractivity contribution < 1.29 is 32.6 Å². The molecule has 0 saturated carbocycles. The number of aliphatic carboxylic acids is 1. The number of halogens is 4. The van der Waals surface area contributed by atoms with Crippen LogP contribution in [-0.4, -0.2) is 27.9 Å². The number of hydrogen-bond donors (Lipinski definition) is 3. The summed E-state index contributed by atoms with van der Waals surface area (Å²) in [6.45, 7) is 1.80. The molecule has 0 fully saturated rings. The highest BCUT2D eigenvalue weighted by atomic mass is 35.5. The van der Waals surface area contributed by atoms with E-state index in [0.717, 1.165) is 23.7 Å². The third-order valence-electron chi connectivity index (χ3n) is 4.57. The van der Waals surface area contributed by atoms with Crippen LogP contribution in [0.1, 0.15) is 23.2 Å². The van der Waals surface area contributed by atoms with Gasteiger partial charge >= 0.3 is 12.1 Å². The molecule has 3 N–H and O–H groups in total. The maximum absolute atomic E-state index is 13.0. The molecule has 0 atom stereocenters. The van der Waals surface area contributed by atoms with Crippen LogP contribution in [0.5, 0.6) is 11.5 Å². The van der Waals surface area contributed by atoms with Gasteiger partial charge in [0.2, 0.25) is 0 Å². The van der Waals surface area contributed by atoms with E-state index in [1.165, 1.54) is 18.3 Å². The summed E-state index contributed by atoms with van der Waals surface area (Å²) in [4.78, 5) is 23.7. The lowest BCUT2D eigenvalue weighted by Gasteiger charge is -2.11. The monoisotopic (exact) mass is 525 g/mol. The van der Waals surface area contributed by atoms with E-state index in [9.17, 15) is 22.8 Å². The highest BCUT2D eigenvalue weighted by Crippen LogP contribution is 2.32. The maximum atomic E-state index is 13.0. The van der Waals surface area contributed by atoms with Gasteiger partial charge in [-0.3, -0.25) is 9.59 Å². The second-order valence-corrected chi connectivity index (χ2v) is 8.32. The zero-order valence-corrected chi connectivity index (χ0v) is 19.7. The van der Waals surface area contributed by atoms with Gasteiger partial charge in [-0.1, -0.05) is 23.7 Å². The molecule has 0 radical (unpaired) electrons. The van der Waals surface area contributed by atoms with Gasteiger partial charge in [0.15, 0.2) is 0 Å². The Morgan fingerprint density at radius 3 is 2.23 bits per heavy atom. The summed E-state index contributed by atoms with van der Waals surface area (Å²) in [7, 11) is 0. The molecule has 3 aromatic rings. The average Bonchev–Trinajstić information content (AvgIpc) is 3.11. The molecule has 0 bridgehead atoms. The fraction of sp³-hybridized carbons (Fsp3) is 0.174. The van der Waals surface area contributed by atoms with Crippen LogP contribution < -0.4 is 15.4 Å². The van der Waals surface area contributed by atoms with Gasteiger partial charge in [-0.05, 0) is 60.4 Å². The quantitative estimate of drug-likeness (QED) is 0.235. The summed E-state index contributed by atoms with van der Waals surface area (Å²) in [5.41, 5.74) is 0.454. The number of rotatable bonds is 9. The fourth-order valence-corrected chi connectivity index (χ4v) is 3.72. The van der Waals surface area contributed by atoms with Crippen molar-refractivity contribution in [1.29, 1.82) is 0 Å². The number of nitrogens with zero attached hydrogens (tertiary/aromatic N) is 1. The normalized spacial score (nSPS) is 11.7. The molecule has 3 rings (SSSR count). The third-order valence-corrected chi connectivity index (χ3v) is 6.00. The Bertz CT molecular complexity index is 1230. The van der Waals surface area contributed by atoms with Crippen molar-refractivity contribution in [1.82, 2.24) is 9.69 Å². The topological polar surface area (TPSA) is 101 Å². The predicted octanol–water partition coefficient (Wildman–Crippen LogP) is 5.96. The number of carbonyl (C=O) groups is 2. The Balaban J connectivity index is 1.77. The molecule has 184 valence electrons. The van der Waals surface area contributed by atoms with Gasteiger partial charge in [-0.15, -0.1) is 0 Å². The summed E-state index contributed by atoms with van der Waals surface area (Å²) >= 11 is 7.18. The van der Waals surface area contributed by atoms with E-state index >= 15 is 0 Å². The largest absolute Gasteiger partial charge is 0.481 e. The molecule has 0 aliphatic carbocycles. The van der Waals surface area contributed by atoms with E-state index in [1.54, 1.807) is 31.2 Å². The van der Waals surface area contributed by atoms with Crippen molar-refractivity contribution in [3.63, 3.8) is 0 Å². The van der Waals surface area contributed by atoms with Gasteiger partial charge in [0, 0.05) is 12.7 Å². The van der Waals surface area contributed by atoms with Crippen molar-refractivity contribution in [2.45, 2.75) is 19.5 Å². The van der Waals surface area contributed by atoms with E-state index in [1.807, 2.05) is 0 Å². The number of benzene rings is 2. The van der Waals surface area contributed by atoms with Crippen molar-refractivity contribution in [2.24, 2.45) is 0 Å². The van der Waals surface area contributed by atoms with Crippen LogP contribution >= 0.6 is 23.1 Å². The summed E-state index contributed by atoms with van der Waals surface area (Å²) in [5, 5.41) is 15.0. The van der Waals surface area contributed by atoms with E-state index in [-0.39, 0.29) is 24.3 Å². The first-order chi connectivity index (χ1) is 16.5. The van der Waals surface area contributed by atoms with Crippen LogP contribution in [0, 0.1) is 6.92 Å². The number of aromatic nitrogens is 1. The van der Waals surface area contributed by atoms with Crippen LogP contribution in [0.2, 0.25) is 5.02 Å². The summed E-state index contributed by atoms with van der Waals surface area (Å²) in [6.07, 6.45) is -3.19. The SMILES string of the molecule is Cc1nsc(NC(=O)/C(=C\NCCC(=O)O)c2ccc(Oc3ccc(C(F)(F)F)cc3)cc2)c1Cl. The van der Waals surface area contributed by atoms with Crippen LogP contribution in [0.25, 0.3) is 5.57 Å². The molecule has 2 aromatic carbocycles. The number of aryl methyl sites for hydroxylation is 1. The number of amides is 1. The van der Waals surface area contributed by atoms with Crippen molar-refractivity contribution in [3.05, 3.63) is 76.6 Å². The van der Waals surface area contributed by atoms with E-state index in [4.69, 9.17) is 21.4 Å². The number of carbonyl (C=O) groups excluding carboxylic acids is 1. The third kappa shape index (κ3) is 7.20. The number of nitrogens with one attached hydrogen (secondary N) is 2. The first-order valence-corrected chi connectivity index (χ1v) is 11.2. The predicted molar refractivity (Wildman–Crippen MR) is 127 cm³/mol. The Hall–Kier alpha value is -3.57. The minimum absolute atomic E-state index is 0.0989. The first kappa shape index (κ1) is 26.0. The molecule has 1 aromatic heterocycles. The van der Waals surface area contributed by atoms with E-state index < -0.39 is 23.6 Å². The average molecular weight is 526 g/mol. The van der Waals surface area contributed by atoms with Gasteiger partial charge in [-0.2, -0.15) is 17.5 Å². The Morgan fingerprint density at radius 2 is 1.71 bits per heavy atom. The van der Waals surface area contributed by atoms with E-state index in [2.05, 4.69) is 15.0 Å². The number of carboxylic acids is 1. The second kappa shape index (κ2) is 11.2. The lowest BCUT2D eigenvalue weighted by Crippen LogP contribution is -2.18. The molecule has 0 aliphatic rings. The second-order valence-electron chi connectivity index (χ2n) is 7.17. The highest BCUT2D eigenvalue weighted by Gasteiger charge is 2.30. The highest BCUT2D eigenvalue weighted by molar-refractivity contribution is 7.11. The minimum Gasteiger partial charge on any atom is -0.481 e. The Labute approximate surface area is 207 Å². The van der Waals surface area contributed by atoms with Crippen LogP contribution in [0.4, 0.5) is 18.2 Å². The molecular weight excluding hydrogens is 507 g/mol. The van der Waals surface area contributed by atoms with Gasteiger partial charge < -0.3 is 20.5 Å². The summed E-state index contributed by atoms with van der Waals surface area (Å²) in [5.74, 6) is -0.943. The zero-order chi connectivity index (χ0) is 25.6. The van der Waals surface area contributed by atoms with Crippen molar-refractivity contribution in [3.8, 4) is 11.5 Å². The molecule has 1 heterocycles. The van der Waals surface area contributed by atoms with Crippen LogP contribution in [0.3, 0.4) is 0 Å². The molecule has 0 aliphatic heterocycles. The number of ether oxygens (including phenoxy) is 1. The number of carboxylic acid groups (broad SMARTS) is 1. The van der Waals surface area contributed by atoms with Gasteiger partial charge in [0.25, 0.3) is 5.91 Å². The summed E-state index contributed by atoms with van der Waals surface area (Å²) in [6, 6.07) is 10.5. The van der Waals surface area contributed by atoms with Crippen molar-refractivity contribution in [2.75, 3.05) is 11.9 Å². The standard InChI is InChI=1S/C23H19ClF3N3O4S/c1-13-20(24)22(35-30-13)29-21(33)18(12-28-11-10-19(31)32)14-2-6-16(7-3-14)34-17-8-4-15(5-9-17)23(25,26)27/h2-9,12,28H,10-11H2,1H3,(H,29,33)(H,31,32)/b18-12-. The summed E-state index contributed by atoms with van der Waals surface area (Å²) < 4.78 is 47.8. The molecular formula is C23H19ClF3N3O4S. The molecule has 35 heavy (non-hydrogen) atoms. The molecule has 1 amide bonds. The molecule has 0 unspecified atom stereocenters. The smallest absolute Gasteiger partial charge is 0.416 e. The van der Waals surface area contributed by atoms with Crippen molar-refractivity contribution >= 4 is 45.6 Å². The van der Waals surface area contributed by atoms with Gasteiger partial charge in [0.1, 0.15) is 16.5 Å². The maximum Gasteiger partial charge on any atom is 0.416 e. The van der Waals surface area contributed by atoms with Crippen LogP contribution in [0.15, 0.2) is 54.7 Å². The minimum atomic E-state index is -4.44. The van der Waals surface area contributed by atoms with Gasteiger partial charge in [0.05, 0.1) is 28.3 Å². The Kier molecular flexibility index (Phi) is 8.36. The first-order valence-electron chi connectivity index (χ1n) is 10.1. The number of hydrogen-bond acceptors (Lipinski definition) is 6. The molecule has 7 nitrogen and oxygen atoms in total. The zero-order valence-electron chi connectivity index (χ0n) is 18.1.